The number of hydrogen-bond donors (Lipinski definition) is 0. The first-order valence-electron chi connectivity index (χ1n) is 4.71. The van der Waals surface area contributed by atoms with Crippen molar-refractivity contribution in [3.05, 3.63) is 0 Å². The van der Waals surface area contributed by atoms with Gasteiger partial charge in [0, 0.05) is 0 Å². The third-order valence-electron chi connectivity index (χ3n) is 2.71. The molecule has 0 atom stereocenters. The maximum absolute atomic E-state index is 2.42. The first-order valence-corrected chi connectivity index (χ1v) is 4.71. The third kappa shape index (κ3) is 2.77. The van der Waals surface area contributed by atoms with Gasteiger partial charge in [-0.25, -0.2) is 0 Å². The van der Waals surface area contributed by atoms with Crippen LogP contribution in [0.1, 0.15) is 51.9 Å². The summed E-state index contributed by atoms with van der Waals surface area (Å²) in [6, 6.07) is 0. The van der Waals surface area contributed by atoms with Gasteiger partial charge in [0.25, 0.3) is 0 Å². The molecule has 0 nitrogen and oxygen atoms in total. The topological polar surface area (TPSA) is 0 Å². The van der Waals surface area contributed by atoms with Crippen LogP contribution < -0.4 is 0 Å². The minimum Gasteiger partial charge on any atom is -0.0669 e. The van der Waals surface area contributed by atoms with Gasteiger partial charge in [0.2, 0.25) is 0 Å². The second-order valence-electron chi connectivity index (χ2n) is 4.43. The van der Waals surface area contributed by atoms with E-state index in [0.29, 0.717) is 5.31 Å². The number of hydrogen-bond acceptors (Lipinski definition) is 0. The molecule has 0 unspecified atom stereocenters. The molecule has 1 saturated carbocycles. The predicted molar refractivity (Wildman–Crippen MR) is 49.2 cm³/mol. The fourth-order valence-corrected chi connectivity index (χ4v) is 1.86. The Balaban J connectivity index is 2.30. The molecule has 1 aliphatic rings. The van der Waals surface area contributed by atoms with Crippen molar-refractivity contribution in [1.82, 2.24) is 0 Å². The van der Waals surface area contributed by atoms with E-state index in [4.69, 9.17) is 0 Å². The van der Waals surface area contributed by atoms with E-state index < -0.39 is 0 Å². The zero-order valence-corrected chi connectivity index (χ0v) is 7.45. The molecule has 0 bridgehead atoms. The van der Waals surface area contributed by atoms with E-state index in [2.05, 4.69) is 14.8 Å². The predicted octanol–water partition coefficient (Wildman–Crippen LogP) is 2.54. The molecule has 0 aromatic rings. The fourth-order valence-electron chi connectivity index (χ4n) is 1.86. The van der Waals surface area contributed by atoms with Crippen LogP contribution in [0.4, 0.5) is 0 Å². The van der Waals surface area contributed by atoms with Crippen LogP contribution in [0.5, 0.6) is 0 Å². The molecule has 0 N–H and O–H groups in total. The smallest absolute Gasteiger partial charge is 0.0669 e. The van der Waals surface area contributed by atoms with Crippen molar-refractivity contribution in [2.24, 2.45) is 0 Å². The molecule has 0 amide bonds. The lowest BCUT2D eigenvalue weighted by atomic mass is 9.63. The van der Waals surface area contributed by atoms with Crippen LogP contribution >= 0.6 is 0 Å². The molecule has 0 aromatic heterocycles. The fraction of sp³-hybridized carbons (Fsp3) is 1.00. The molecule has 58 valence electrons. The highest BCUT2D eigenvalue weighted by molar-refractivity contribution is 6.14. The SMILES string of the molecule is BC1(C)CCCCCCC1. The summed E-state index contributed by atoms with van der Waals surface area (Å²) in [6.45, 7) is 2.42. The summed E-state index contributed by atoms with van der Waals surface area (Å²) >= 11 is 0. The second kappa shape index (κ2) is 3.45. The molecule has 0 aromatic carbocycles. The summed E-state index contributed by atoms with van der Waals surface area (Å²) in [5.74, 6) is 0. The molecule has 0 saturated heterocycles. The lowest BCUT2D eigenvalue weighted by Crippen LogP contribution is -2.09. The second-order valence-corrected chi connectivity index (χ2v) is 4.43. The Bertz CT molecular complexity index is 86.9. The molecule has 1 heteroatoms. The van der Waals surface area contributed by atoms with Gasteiger partial charge in [0.05, 0.1) is 0 Å². The first-order chi connectivity index (χ1) is 4.71. The normalized spacial score (nSPS) is 26.9. The quantitative estimate of drug-likeness (QED) is 0.451. The third-order valence-corrected chi connectivity index (χ3v) is 2.71. The Morgan fingerprint density at radius 2 is 1.30 bits per heavy atom. The van der Waals surface area contributed by atoms with Crippen LogP contribution in [0, 0.1) is 0 Å². The highest BCUT2D eigenvalue weighted by Gasteiger charge is 2.17. The first kappa shape index (κ1) is 8.16. The minimum absolute atomic E-state index is 0.653. The van der Waals surface area contributed by atoms with Gasteiger partial charge < -0.3 is 0 Å². The van der Waals surface area contributed by atoms with Gasteiger partial charge in [-0.3, -0.25) is 0 Å². The molecule has 1 rings (SSSR count). The van der Waals surface area contributed by atoms with Crippen LogP contribution in [0.15, 0.2) is 0 Å². The molecule has 0 aliphatic heterocycles. The van der Waals surface area contributed by atoms with Gasteiger partial charge in [-0.1, -0.05) is 57.2 Å². The standard InChI is InChI=1S/C9H19B/c1-9(10)7-5-3-2-4-6-8-9/h2-8,10H2,1H3. The van der Waals surface area contributed by atoms with Gasteiger partial charge >= 0.3 is 0 Å². The van der Waals surface area contributed by atoms with Crippen molar-refractivity contribution in [3.8, 4) is 0 Å². The Hall–Kier alpha value is 0.0649. The summed E-state index contributed by atoms with van der Waals surface area (Å²) < 4.78 is 0. The van der Waals surface area contributed by atoms with Gasteiger partial charge in [0.15, 0.2) is 0 Å². The van der Waals surface area contributed by atoms with Crippen LogP contribution in [0.3, 0.4) is 0 Å². The van der Waals surface area contributed by atoms with Crippen molar-refractivity contribution in [3.63, 3.8) is 0 Å². The molecule has 0 heterocycles. The summed E-state index contributed by atoms with van der Waals surface area (Å²) in [5.41, 5.74) is 0. The molecule has 1 aliphatic carbocycles. The highest BCUT2D eigenvalue weighted by atomic mass is 14.2. The Morgan fingerprint density at radius 3 is 1.80 bits per heavy atom. The largest absolute Gasteiger partial charge is 0.109 e. The lowest BCUT2D eigenvalue weighted by molar-refractivity contribution is 0.421. The Morgan fingerprint density at radius 1 is 0.900 bits per heavy atom. The van der Waals surface area contributed by atoms with Gasteiger partial charge in [-0.05, 0) is 0 Å². The lowest BCUT2D eigenvalue weighted by Gasteiger charge is -2.26. The highest BCUT2D eigenvalue weighted by Crippen LogP contribution is 2.36. The average molecular weight is 138 g/mol. The zero-order valence-electron chi connectivity index (χ0n) is 7.45. The zero-order chi connectivity index (χ0) is 7.45. The van der Waals surface area contributed by atoms with Crippen molar-refractivity contribution < 1.29 is 0 Å². The van der Waals surface area contributed by atoms with E-state index in [1.165, 1.54) is 44.9 Å². The molecular weight excluding hydrogens is 119 g/mol. The van der Waals surface area contributed by atoms with E-state index in [9.17, 15) is 0 Å². The minimum atomic E-state index is 0.653. The van der Waals surface area contributed by atoms with Crippen LogP contribution in [-0.4, -0.2) is 7.85 Å². The van der Waals surface area contributed by atoms with Crippen molar-refractivity contribution >= 4 is 7.85 Å². The van der Waals surface area contributed by atoms with Crippen molar-refractivity contribution in [1.29, 1.82) is 0 Å². The maximum atomic E-state index is 2.42. The Labute approximate surface area is 65.8 Å². The van der Waals surface area contributed by atoms with Gasteiger partial charge in [-0.15, -0.1) is 0 Å². The van der Waals surface area contributed by atoms with E-state index in [1.807, 2.05) is 0 Å². The van der Waals surface area contributed by atoms with Crippen LogP contribution in [0.25, 0.3) is 0 Å². The monoisotopic (exact) mass is 138 g/mol. The van der Waals surface area contributed by atoms with Crippen molar-refractivity contribution in [2.45, 2.75) is 57.2 Å². The summed E-state index contributed by atoms with van der Waals surface area (Å²) in [6.07, 6.45) is 10.3. The molecule has 0 radical (unpaired) electrons. The van der Waals surface area contributed by atoms with E-state index in [1.54, 1.807) is 0 Å². The van der Waals surface area contributed by atoms with Gasteiger partial charge in [0.1, 0.15) is 7.85 Å². The summed E-state index contributed by atoms with van der Waals surface area (Å²) in [7, 11) is 2.42. The Kier molecular flexibility index (Phi) is 2.82. The van der Waals surface area contributed by atoms with E-state index in [-0.39, 0.29) is 0 Å². The van der Waals surface area contributed by atoms with E-state index in [0.717, 1.165) is 0 Å². The molecule has 10 heavy (non-hydrogen) atoms. The van der Waals surface area contributed by atoms with Crippen molar-refractivity contribution in [2.75, 3.05) is 0 Å². The van der Waals surface area contributed by atoms with E-state index >= 15 is 0 Å². The summed E-state index contributed by atoms with van der Waals surface area (Å²) in [4.78, 5) is 0. The number of rotatable bonds is 0. The molecule has 0 spiro atoms. The summed E-state index contributed by atoms with van der Waals surface area (Å²) in [5, 5.41) is 0.653. The van der Waals surface area contributed by atoms with Crippen LogP contribution in [-0.2, 0) is 0 Å². The molecular formula is C9H19B. The van der Waals surface area contributed by atoms with Gasteiger partial charge in [-0.2, -0.15) is 0 Å². The van der Waals surface area contributed by atoms with Crippen LogP contribution in [0.2, 0.25) is 5.31 Å². The average Bonchev–Trinajstić information content (AvgIpc) is 1.81. The molecule has 1 fully saturated rings. The maximum Gasteiger partial charge on any atom is 0.109 e.